The summed E-state index contributed by atoms with van der Waals surface area (Å²) in [5, 5.41) is 9.66. The first-order valence-corrected chi connectivity index (χ1v) is 5.42. The van der Waals surface area contributed by atoms with Crippen LogP contribution in [0.15, 0.2) is 24.3 Å². The van der Waals surface area contributed by atoms with Gasteiger partial charge in [-0.1, -0.05) is 29.8 Å². The average Bonchev–Trinajstić information content (AvgIpc) is 2.22. The lowest BCUT2D eigenvalue weighted by Gasteiger charge is -2.20. The third-order valence-electron chi connectivity index (χ3n) is 2.21. The SMILES string of the molecule is NCCN(CCO)Cc1ccccc1Cl. The zero-order valence-corrected chi connectivity index (χ0v) is 9.45. The molecule has 3 N–H and O–H groups in total. The minimum atomic E-state index is 0.143. The number of nitrogens with two attached hydrogens (primary N) is 1. The highest BCUT2D eigenvalue weighted by Crippen LogP contribution is 2.16. The zero-order chi connectivity index (χ0) is 11.1. The van der Waals surface area contributed by atoms with Crippen molar-refractivity contribution >= 4 is 11.6 Å². The zero-order valence-electron chi connectivity index (χ0n) is 8.69. The van der Waals surface area contributed by atoms with Gasteiger partial charge in [-0.25, -0.2) is 0 Å². The molecule has 0 aliphatic heterocycles. The highest BCUT2D eigenvalue weighted by atomic mass is 35.5. The minimum absolute atomic E-state index is 0.143. The monoisotopic (exact) mass is 228 g/mol. The van der Waals surface area contributed by atoms with Gasteiger partial charge < -0.3 is 10.8 Å². The van der Waals surface area contributed by atoms with Crippen molar-refractivity contribution in [1.29, 1.82) is 0 Å². The van der Waals surface area contributed by atoms with Crippen LogP contribution in [-0.4, -0.2) is 36.2 Å². The Morgan fingerprint density at radius 2 is 2.00 bits per heavy atom. The van der Waals surface area contributed by atoms with Gasteiger partial charge in [0.1, 0.15) is 0 Å². The van der Waals surface area contributed by atoms with Gasteiger partial charge >= 0.3 is 0 Å². The van der Waals surface area contributed by atoms with Gasteiger partial charge in [0, 0.05) is 31.2 Å². The molecule has 0 aliphatic carbocycles. The van der Waals surface area contributed by atoms with E-state index >= 15 is 0 Å². The molecule has 0 aromatic heterocycles. The molecule has 0 fully saturated rings. The molecule has 0 saturated carbocycles. The molecule has 15 heavy (non-hydrogen) atoms. The third-order valence-corrected chi connectivity index (χ3v) is 2.58. The van der Waals surface area contributed by atoms with Crippen LogP contribution in [0.1, 0.15) is 5.56 Å². The van der Waals surface area contributed by atoms with Gasteiger partial charge in [0.15, 0.2) is 0 Å². The first kappa shape index (κ1) is 12.5. The van der Waals surface area contributed by atoms with E-state index in [0.717, 1.165) is 23.7 Å². The summed E-state index contributed by atoms with van der Waals surface area (Å²) >= 11 is 6.05. The van der Waals surface area contributed by atoms with E-state index < -0.39 is 0 Å². The number of halogens is 1. The van der Waals surface area contributed by atoms with Crippen LogP contribution < -0.4 is 5.73 Å². The van der Waals surface area contributed by atoms with Crippen LogP contribution in [-0.2, 0) is 6.54 Å². The number of aliphatic hydroxyl groups excluding tert-OH is 1. The lowest BCUT2D eigenvalue weighted by atomic mass is 10.2. The van der Waals surface area contributed by atoms with E-state index in [2.05, 4.69) is 4.90 Å². The topological polar surface area (TPSA) is 49.5 Å². The molecular weight excluding hydrogens is 212 g/mol. The van der Waals surface area contributed by atoms with Crippen LogP contribution >= 0.6 is 11.6 Å². The van der Waals surface area contributed by atoms with E-state index in [-0.39, 0.29) is 6.61 Å². The van der Waals surface area contributed by atoms with Gasteiger partial charge in [-0.3, -0.25) is 4.90 Å². The molecule has 0 unspecified atom stereocenters. The van der Waals surface area contributed by atoms with Crippen molar-refractivity contribution in [3.63, 3.8) is 0 Å². The number of benzene rings is 1. The first-order valence-electron chi connectivity index (χ1n) is 5.04. The van der Waals surface area contributed by atoms with Gasteiger partial charge in [0.25, 0.3) is 0 Å². The summed E-state index contributed by atoms with van der Waals surface area (Å²) < 4.78 is 0. The summed E-state index contributed by atoms with van der Waals surface area (Å²) in [5.74, 6) is 0. The minimum Gasteiger partial charge on any atom is -0.395 e. The van der Waals surface area contributed by atoms with Crippen LogP contribution in [0.25, 0.3) is 0 Å². The number of hydrogen-bond acceptors (Lipinski definition) is 3. The van der Waals surface area contributed by atoms with Crippen LogP contribution in [0.3, 0.4) is 0 Å². The van der Waals surface area contributed by atoms with Crippen molar-refractivity contribution in [3.05, 3.63) is 34.9 Å². The van der Waals surface area contributed by atoms with Crippen LogP contribution in [0.2, 0.25) is 5.02 Å². The molecule has 0 radical (unpaired) electrons. The maximum atomic E-state index is 8.90. The third kappa shape index (κ3) is 4.18. The highest BCUT2D eigenvalue weighted by Gasteiger charge is 2.06. The maximum Gasteiger partial charge on any atom is 0.0558 e. The molecule has 0 aliphatic rings. The van der Waals surface area contributed by atoms with Gasteiger partial charge in [-0.2, -0.15) is 0 Å². The Morgan fingerprint density at radius 3 is 2.60 bits per heavy atom. The Hall–Kier alpha value is -0.610. The second-order valence-corrected chi connectivity index (χ2v) is 3.79. The quantitative estimate of drug-likeness (QED) is 0.767. The summed E-state index contributed by atoms with van der Waals surface area (Å²) in [7, 11) is 0. The Kier molecular flexibility index (Phi) is 5.65. The number of hydrogen-bond donors (Lipinski definition) is 2. The summed E-state index contributed by atoms with van der Waals surface area (Å²) in [6, 6.07) is 7.73. The second kappa shape index (κ2) is 6.80. The summed E-state index contributed by atoms with van der Waals surface area (Å²) in [6.45, 7) is 2.86. The molecule has 1 rings (SSSR count). The van der Waals surface area contributed by atoms with Crippen LogP contribution in [0.5, 0.6) is 0 Å². The number of aliphatic hydroxyl groups is 1. The molecule has 0 saturated heterocycles. The Bertz CT molecular complexity index is 288. The van der Waals surface area contributed by atoms with Gasteiger partial charge in [0.2, 0.25) is 0 Å². The molecule has 1 aromatic carbocycles. The van der Waals surface area contributed by atoms with Crippen molar-refractivity contribution < 1.29 is 5.11 Å². The molecule has 84 valence electrons. The smallest absolute Gasteiger partial charge is 0.0558 e. The van der Waals surface area contributed by atoms with Crippen molar-refractivity contribution in [2.45, 2.75) is 6.54 Å². The summed E-state index contributed by atoms with van der Waals surface area (Å²) in [6.07, 6.45) is 0. The predicted molar refractivity (Wildman–Crippen MR) is 62.9 cm³/mol. The van der Waals surface area contributed by atoms with Crippen molar-refractivity contribution in [3.8, 4) is 0 Å². The fourth-order valence-corrected chi connectivity index (χ4v) is 1.66. The largest absolute Gasteiger partial charge is 0.395 e. The van der Waals surface area contributed by atoms with E-state index in [1.54, 1.807) is 0 Å². The molecule has 3 nitrogen and oxygen atoms in total. The highest BCUT2D eigenvalue weighted by molar-refractivity contribution is 6.31. The van der Waals surface area contributed by atoms with Crippen molar-refractivity contribution in [1.82, 2.24) is 4.90 Å². The fourth-order valence-electron chi connectivity index (χ4n) is 1.46. The second-order valence-electron chi connectivity index (χ2n) is 3.38. The maximum absolute atomic E-state index is 8.90. The first-order chi connectivity index (χ1) is 7.27. The van der Waals surface area contributed by atoms with Crippen molar-refractivity contribution in [2.75, 3.05) is 26.2 Å². The van der Waals surface area contributed by atoms with Crippen LogP contribution in [0, 0.1) is 0 Å². The number of rotatable bonds is 6. The molecule has 0 amide bonds. The Labute approximate surface area is 95.5 Å². The molecule has 1 aromatic rings. The Morgan fingerprint density at radius 1 is 1.27 bits per heavy atom. The van der Waals surface area contributed by atoms with Crippen molar-refractivity contribution in [2.24, 2.45) is 5.73 Å². The summed E-state index contributed by atoms with van der Waals surface area (Å²) in [4.78, 5) is 2.08. The molecule has 0 spiro atoms. The lowest BCUT2D eigenvalue weighted by molar-refractivity contribution is 0.194. The predicted octanol–water partition coefficient (Wildman–Crippen LogP) is 1.09. The van der Waals surface area contributed by atoms with Gasteiger partial charge in [-0.15, -0.1) is 0 Å². The summed E-state index contributed by atoms with van der Waals surface area (Å²) in [5.41, 5.74) is 6.57. The normalized spacial score (nSPS) is 10.9. The fraction of sp³-hybridized carbons (Fsp3) is 0.455. The van der Waals surface area contributed by atoms with Gasteiger partial charge in [-0.05, 0) is 11.6 Å². The molecular formula is C11H17ClN2O. The Balaban J connectivity index is 2.60. The van der Waals surface area contributed by atoms with E-state index in [0.29, 0.717) is 13.1 Å². The molecule has 0 bridgehead atoms. The molecule has 4 heteroatoms. The number of nitrogens with zero attached hydrogens (tertiary/aromatic N) is 1. The molecule has 0 atom stereocenters. The lowest BCUT2D eigenvalue weighted by Crippen LogP contribution is -2.31. The van der Waals surface area contributed by atoms with E-state index in [1.807, 2.05) is 24.3 Å². The van der Waals surface area contributed by atoms with E-state index in [1.165, 1.54) is 0 Å². The molecule has 0 heterocycles. The van der Waals surface area contributed by atoms with Crippen LogP contribution in [0.4, 0.5) is 0 Å². The standard InChI is InChI=1S/C11H17ClN2O/c12-11-4-2-1-3-10(11)9-14(6-5-13)7-8-15/h1-4,15H,5-9,13H2. The average molecular weight is 229 g/mol. The van der Waals surface area contributed by atoms with Gasteiger partial charge in [0.05, 0.1) is 6.61 Å². The van der Waals surface area contributed by atoms with E-state index in [4.69, 9.17) is 22.4 Å². The van der Waals surface area contributed by atoms with E-state index in [9.17, 15) is 0 Å².